The van der Waals surface area contributed by atoms with Gasteiger partial charge in [0.1, 0.15) is 0 Å². The number of benzene rings is 1. The van der Waals surface area contributed by atoms with Gasteiger partial charge in [-0.25, -0.2) is 0 Å². The highest BCUT2D eigenvalue weighted by molar-refractivity contribution is 7.98. The number of hydrogen-bond donors (Lipinski definition) is 1. The number of rotatable bonds is 12. The zero-order valence-electron chi connectivity index (χ0n) is 17.3. The van der Waals surface area contributed by atoms with E-state index in [1.807, 2.05) is 11.8 Å². The SMILES string of the molecule is CC(C)(C)N(CCCNCCCSCc1ccccc1)CC1CCCC1. The molecule has 0 amide bonds. The first-order chi connectivity index (χ1) is 12.6. The summed E-state index contributed by atoms with van der Waals surface area (Å²) in [6.07, 6.45) is 8.33. The van der Waals surface area contributed by atoms with Crippen molar-refractivity contribution < 1.29 is 0 Å². The van der Waals surface area contributed by atoms with Gasteiger partial charge in [0.25, 0.3) is 0 Å². The highest BCUT2D eigenvalue weighted by atomic mass is 32.2. The predicted octanol–water partition coefficient (Wildman–Crippen LogP) is 5.58. The second-order valence-corrected chi connectivity index (χ2v) is 9.87. The van der Waals surface area contributed by atoms with Crippen molar-refractivity contribution in [2.24, 2.45) is 5.92 Å². The van der Waals surface area contributed by atoms with Crippen LogP contribution in [-0.4, -0.2) is 42.4 Å². The van der Waals surface area contributed by atoms with E-state index in [4.69, 9.17) is 0 Å². The molecule has 148 valence electrons. The Labute approximate surface area is 166 Å². The number of nitrogens with one attached hydrogen (secondary N) is 1. The van der Waals surface area contributed by atoms with E-state index in [1.54, 1.807) is 0 Å². The van der Waals surface area contributed by atoms with E-state index in [9.17, 15) is 0 Å². The van der Waals surface area contributed by atoms with Crippen LogP contribution >= 0.6 is 11.8 Å². The quantitative estimate of drug-likeness (QED) is 0.479. The second kappa shape index (κ2) is 12.0. The van der Waals surface area contributed by atoms with Crippen LogP contribution in [0.2, 0.25) is 0 Å². The molecule has 0 heterocycles. The summed E-state index contributed by atoms with van der Waals surface area (Å²) in [7, 11) is 0. The number of hydrogen-bond acceptors (Lipinski definition) is 3. The highest BCUT2D eigenvalue weighted by Crippen LogP contribution is 2.27. The van der Waals surface area contributed by atoms with Gasteiger partial charge < -0.3 is 5.32 Å². The lowest BCUT2D eigenvalue weighted by molar-refractivity contribution is 0.112. The Balaban J connectivity index is 1.48. The smallest absolute Gasteiger partial charge is 0.0184 e. The van der Waals surface area contributed by atoms with Gasteiger partial charge in [-0.1, -0.05) is 43.2 Å². The van der Waals surface area contributed by atoms with Gasteiger partial charge in [0.15, 0.2) is 0 Å². The van der Waals surface area contributed by atoms with Crippen LogP contribution in [0.3, 0.4) is 0 Å². The summed E-state index contributed by atoms with van der Waals surface area (Å²) < 4.78 is 0. The number of nitrogens with zero attached hydrogens (tertiary/aromatic N) is 1. The minimum Gasteiger partial charge on any atom is -0.317 e. The molecule has 0 spiro atoms. The van der Waals surface area contributed by atoms with Gasteiger partial charge in [-0.2, -0.15) is 11.8 Å². The normalized spacial score (nSPS) is 15.8. The van der Waals surface area contributed by atoms with E-state index in [0.29, 0.717) is 5.54 Å². The fourth-order valence-electron chi connectivity index (χ4n) is 3.79. The van der Waals surface area contributed by atoms with Crippen molar-refractivity contribution in [1.29, 1.82) is 0 Å². The molecule has 0 radical (unpaired) electrons. The highest BCUT2D eigenvalue weighted by Gasteiger charge is 2.25. The standard InChI is InChI=1S/C23H40N2S/c1-23(2,3)25(19-21-11-7-8-12-21)17-9-15-24-16-10-18-26-20-22-13-5-4-6-14-22/h4-6,13-14,21,24H,7-12,15-20H2,1-3H3. The lowest BCUT2D eigenvalue weighted by Crippen LogP contribution is -2.45. The van der Waals surface area contributed by atoms with E-state index in [0.717, 1.165) is 24.8 Å². The molecule has 2 rings (SSSR count). The Morgan fingerprint density at radius 2 is 1.73 bits per heavy atom. The summed E-state index contributed by atoms with van der Waals surface area (Å²) in [5.74, 6) is 3.34. The number of thioether (sulfide) groups is 1. The lowest BCUT2D eigenvalue weighted by atomic mass is 10.0. The van der Waals surface area contributed by atoms with Crippen molar-refractivity contribution in [1.82, 2.24) is 10.2 Å². The molecule has 1 aromatic carbocycles. The van der Waals surface area contributed by atoms with Crippen LogP contribution in [-0.2, 0) is 5.75 Å². The first kappa shape index (κ1) is 21.8. The molecule has 1 aromatic rings. The third-order valence-corrected chi connectivity index (χ3v) is 6.55. The molecule has 3 heteroatoms. The maximum atomic E-state index is 3.64. The van der Waals surface area contributed by atoms with Crippen LogP contribution in [0.4, 0.5) is 0 Å². The fraction of sp³-hybridized carbons (Fsp3) is 0.739. The van der Waals surface area contributed by atoms with Gasteiger partial charge in [-0.3, -0.25) is 4.90 Å². The summed E-state index contributed by atoms with van der Waals surface area (Å²) in [5.41, 5.74) is 1.74. The lowest BCUT2D eigenvalue weighted by Gasteiger charge is -2.37. The zero-order chi connectivity index (χ0) is 18.7. The minimum absolute atomic E-state index is 0.302. The maximum absolute atomic E-state index is 3.64. The summed E-state index contributed by atoms with van der Waals surface area (Å²) in [6, 6.07) is 10.8. The Morgan fingerprint density at radius 3 is 2.42 bits per heavy atom. The Kier molecular flexibility index (Phi) is 10.1. The van der Waals surface area contributed by atoms with Crippen molar-refractivity contribution in [3.63, 3.8) is 0 Å². The Hall–Kier alpha value is -0.510. The van der Waals surface area contributed by atoms with Crippen molar-refractivity contribution >= 4 is 11.8 Å². The largest absolute Gasteiger partial charge is 0.317 e. The third-order valence-electron chi connectivity index (χ3n) is 5.44. The molecule has 1 N–H and O–H groups in total. The van der Waals surface area contributed by atoms with E-state index in [1.165, 1.54) is 62.9 Å². The molecular weight excluding hydrogens is 336 g/mol. The first-order valence-corrected chi connectivity index (χ1v) is 11.8. The van der Waals surface area contributed by atoms with E-state index in [2.05, 4.69) is 61.3 Å². The summed E-state index contributed by atoms with van der Waals surface area (Å²) in [4.78, 5) is 2.72. The molecule has 1 fully saturated rings. The maximum Gasteiger partial charge on any atom is 0.0184 e. The third kappa shape index (κ3) is 8.92. The summed E-state index contributed by atoms with van der Waals surface area (Å²) >= 11 is 2.05. The van der Waals surface area contributed by atoms with Crippen molar-refractivity contribution in [2.75, 3.05) is 31.9 Å². The van der Waals surface area contributed by atoms with Crippen LogP contribution < -0.4 is 5.32 Å². The van der Waals surface area contributed by atoms with Crippen molar-refractivity contribution in [2.45, 2.75) is 70.6 Å². The fourth-order valence-corrected chi connectivity index (χ4v) is 4.71. The molecule has 26 heavy (non-hydrogen) atoms. The van der Waals surface area contributed by atoms with Crippen molar-refractivity contribution in [3.05, 3.63) is 35.9 Å². The molecule has 0 bridgehead atoms. The average molecular weight is 377 g/mol. The topological polar surface area (TPSA) is 15.3 Å². The monoisotopic (exact) mass is 376 g/mol. The zero-order valence-corrected chi connectivity index (χ0v) is 18.1. The van der Waals surface area contributed by atoms with Gasteiger partial charge in [0.2, 0.25) is 0 Å². The summed E-state index contributed by atoms with van der Waals surface area (Å²) in [5, 5.41) is 3.64. The molecule has 0 unspecified atom stereocenters. The Morgan fingerprint density at radius 1 is 1.04 bits per heavy atom. The first-order valence-electron chi connectivity index (χ1n) is 10.6. The molecule has 1 aliphatic carbocycles. The van der Waals surface area contributed by atoms with Crippen molar-refractivity contribution in [3.8, 4) is 0 Å². The average Bonchev–Trinajstić information content (AvgIpc) is 3.12. The summed E-state index contributed by atoms with van der Waals surface area (Å²) in [6.45, 7) is 12.0. The second-order valence-electron chi connectivity index (χ2n) is 8.76. The van der Waals surface area contributed by atoms with Gasteiger partial charge in [-0.15, -0.1) is 0 Å². The van der Waals surface area contributed by atoms with E-state index in [-0.39, 0.29) is 0 Å². The van der Waals surface area contributed by atoms with Crippen LogP contribution in [0.5, 0.6) is 0 Å². The molecule has 0 atom stereocenters. The molecular formula is C23H40N2S. The predicted molar refractivity (Wildman–Crippen MR) is 118 cm³/mol. The molecule has 1 saturated carbocycles. The van der Waals surface area contributed by atoms with Crippen LogP contribution in [0.15, 0.2) is 30.3 Å². The van der Waals surface area contributed by atoms with Gasteiger partial charge in [-0.05, 0) is 83.3 Å². The van der Waals surface area contributed by atoms with Crippen LogP contribution in [0, 0.1) is 5.92 Å². The van der Waals surface area contributed by atoms with Crippen LogP contribution in [0.25, 0.3) is 0 Å². The molecule has 2 nitrogen and oxygen atoms in total. The van der Waals surface area contributed by atoms with Crippen LogP contribution in [0.1, 0.15) is 64.9 Å². The van der Waals surface area contributed by atoms with Gasteiger partial charge in [0, 0.05) is 17.8 Å². The van der Waals surface area contributed by atoms with E-state index >= 15 is 0 Å². The van der Waals surface area contributed by atoms with E-state index < -0.39 is 0 Å². The Bertz CT molecular complexity index is 463. The van der Waals surface area contributed by atoms with Gasteiger partial charge in [0.05, 0.1) is 0 Å². The molecule has 0 aliphatic heterocycles. The molecule has 0 aromatic heterocycles. The molecule has 1 aliphatic rings. The molecule has 0 saturated heterocycles. The van der Waals surface area contributed by atoms with Gasteiger partial charge >= 0.3 is 0 Å². The minimum atomic E-state index is 0.302.